The van der Waals surface area contributed by atoms with E-state index in [0.717, 1.165) is 42.0 Å². The van der Waals surface area contributed by atoms with Gasteiger partial charge in [-0.15, -0.1) is 0 Å². The minimum Gasteiger partial charge on any atom is -0.486 e. The van der Waals surface area contributed by atoms with E-state index in [1.54, 1.807) is 12.1 Å². The lowest BCUT2D eigenvalue weighted by Crippen LogP contribution is -2.45. The number of carbonyl (C=O) groups is 1. The largest absolute Gasteiger partial charge is 0.486 e. The topological polar surface area (TPSA) is 51.2 Å². The van der Waals surface area contributed by atoms with Gasteiger partial charge in [0.25, 0.3) is 0 Å². The van der Waals surface area contributed by atoms with Gasteiger partial charge >= 0.3 is 0 Å². The number of nitrogens with zero attached hydrogens (tertiary/aromatic N) is 2. The van der Waals surface area contributed by atoms with Crippen LogP contribution in [0.1, 0.15) is 36.1 Å². The monoisotopic (exact) mass is 460 g/mol. The molecule has 0 bridgehead atoms. The van der Waals surface area contributed by atoms with Crippen LogP contribution in [0.3, 0.4) is 0 Å². The summed E-state index contributed by atoms with van der Waals surface area (Å²) in [6, 6.07) is 10.7. The molecule has 3 heterocycles. The highest BCUT2D eigenvalue weighted by Crippen LogP contribution is 2.38. The molecule has 2 atom stereocenters. The Morgan fingerprint density at radius 1 is 1.03 bits per heavy atom. The van der Waals surface area contributed by atoms with Crippen LogP contribution in [0.2, 0.25) is 5.02 Å². The summed E-state index contributed by atoms with van der Waals surface area (Å²) >= 11 is 5.94. The van der Waals surface area contributed by atoms with Crippen molar-refractivity contribution in [1.82, 2.24) is 9.80 Å². The van der Waals surface area contributed by atoms with Crippen LogP contribution in [0, 0.1) is 5.82 Å². The Labute approximate surface area is 191 Å². The van der Waals surface area contributed by atoms with E-state index in [1.165, 1.54) is 6.07 Å². The lowest BCUT2D eigenvalue weighted by molar-refractivity contribution is -0.135. The standard InChI is InChI=1S/C24H26ClFN2O4/c25-18-12-17(3-5-19(18)26)23-14-27(8-9-30-23)15-24(29)28-7-1-2-20(28)16-4-6-21-22(13-16)32-11-10-31-21/h3-6,12-13,20,23H,1-2,7-11,14-15H2. The summed E-state index contributed by atoms with van der Waals surface area (Å²) in [5.41, 5.74) is 1.91. The molecular weight excluding hydrogens is 435 g/mol. The summed E-state index contributed by atoms with van der Waals surface area (Å²) in [5.74, 6) is 1.18. The molecule has 32 heavy (non-hydrogen) atoms. The molecule has 2 unspecified atom stereocenters. The molecule has 0 spiro atoms. The number of fused-ring (bicyclic) bond motifs is 1. The van der Waals surface area contributed by atoms with Gasteiger partial charge in [0.1, 0.15) is 19.0 Å². The van der Waals surface area contributed by atoms with E-state index in [4.69, 9.17) is 25.8 Å². The molecule has 2 aromatic rings. The number of hydrogen-bond donors (Lipinski definition) is 0. The highest BCUT2D eigenvalue weighted by molar-refractivity contribution is 6.30. The summed E-state index contributed by atoms with van der Waals surface area (Å²) in [6.07, 6.45) is 1.68. The SMILES string of the molecule is O=C(CN1CCOC(c2ccc(F)c(Cl)c2)C1)N1CCCC1c1ccc2c(c1)OCCO2. The van der Waals surface area contributed by atoms with Gasteiger partial charge < -0.3 is 19.1 Å². The van der Waals surface area contributed by atoms with E-state index >= 15 is 0 Å². The zero-order valence-corrected chi connectivity index (χ0v) is 18.5. The first-order valence-electron chi connectivity index (χ1n) is 11.1. The Bertz CT molecular complexity index is 1000. The van der Waals surface area contributed by atoms with Gasteiger partial charge in [-0.25, -0.2) is 4.39 Å². The molecule has 170 valence electrons. The number of hydrogen-bond acceptors (Lipinski definition) is 5. The van der Waals surface area contributed by atoms with Crippen molar-refractivity contribution in [1.29, 1.82) is 0 Å². The molecule has 5 rings (SSSR count). The predicted octanol–water partition coefficient (Wildman–Crippen LogP) is 3.99. The van der Waals surface area contributed by atoms with Crippen LogP contribution in [-0.4, -0.2) is 61.7 Å². The first kappa shape index (κ1) is 21.5. The van der Waals surface area contributed by atoms with Crippen LogP contribution in [-0.2, 0) is 9.53 Å². The van der Waals surface area contributed by atoms with Gasteiger partial charge in [0.15, 0.2) is 11.5 Å². The van der Waals surface area contributed by atoms with Crippen LogP contribution >= 0.6 is 11.6 Å². The Kier molecular flexibility index (Phi) is 6.22. The van der Waals surface area contributed by atoms with E-state index in [0.29, 0.717) is 39.5 Å². The molecule has 8 heteroatoms. The van der Waals surface area contributed by atoms with Gasteiger partial charge in [0.05, 0.1) is 30.3 Å². The average molecular weight is 461 g/mol. The van der Waals surface area contributed by atoms with Crippen LogP contribution < -0.4 is 9.47 Å². The second kappa shape index (κ2) is 9.25. The van der Waals surface area contributed by atoms with Gasteiger partial charge in [0, 0.05) is 19.6 Å². The second-order valence-electron chi connectivity index (χ2n) is 8.42. The molecule has 0 aromatic heterocycles. The third-order valence-electron chi connectivity index (χ3n) is 6.35. The van der Waals surface area contributed by atoms with Gasteiger partial charge in [-0.1, -0.05) is 23.7 Å². The molecule has 1 amide bonds. The van der Waals surface area contributed by atoms with Gasteiger partial charge in [-0.05, 0) is 48.2 Å². The highest BCUT2D eigenvalue weighted by Gasteiger charge is 2.33. The quantitative estimate of drug-likeness (QED) is 0.690. The smallest absolute Gasteiger partial charge is 0.237 e. The number of ether oxygens (including phenoxy) is 3. The average Bonchev–Trinajstić information content (AvgIpc) is 3.31. The normalized spacial score (nSPS) is 23.4. The molecule has 2 aromatic carbocycles. The Morgan fingerprint density at radius 2 is 1.84 bits per heavy atom. The van der Waals surface area contributed by atoms with Crippen molar-refractivity contribution in [3.8, 4) is 11.5 Å². The van der Waals surface area contributed by atoms with E-state index in [1.807, 2.05) is 23.1 Å². The lowest BCUT2D eigenvalue weighted by atomic mass is 10.0. The van der Waals surface area contributed by atoms with Crippen molar-refractivity contribution in [2.75, 3.05) is 46.0 Å². The van der Waals surface area contributed by atoms with E-state index in [-0.39, 0.29) is 23.1 Å². The van der Waals surface area contributed by atoms with Crippen molar-refractivity contribution < 1.29 is 23.4 Å². The van der Waals surface area contributed by atoms with E-state index < -0.39 is 5.82 Å². The maximum atomic E-state index is 13.5. The molecule has 2 saturated heterocycles. The molecule has 0 saturated carbocycles. The fourth-order valence-corrected chi connectivity index (χ4v) is 4.91. The molecule has 0 aliphatic carbocycles. The Morgan fingerprint density at radius 3 is 2.69 bits per heavy atom. The molecule has 0 radical (unpaired) electrons. The molecule has 3 aliphatic heterocycles. The van der Waals surface area contributed by atoms with Crippen LogP contribution in [0.5, 0.6) is 11.5 Å². The summed E-state index contributed by atoms with van der Waals surface area (Å²) in [6.45, 7) is 3.94. The first-order chi connectivity index (χ1) is 15.6. The molecular formula is C24H26ClFN2O4. The molecule has 6 nitrogen and oxygen atoms in total. The number of rotatable bonds is 4. The number of benzene rings is 2. The minimum atomic E-state index is -0.447. The molecule has 3 aliphatic rings. The van der Waals surface area contributed by atoms with Gasteiger partial charge in [-0.3, -0.25) is 9.69 Å². The summed E-state index contributed by atoms with van der Waals surface area (Å²) in [4.78, 5) is 17.3. The Balaban J connectivity index is 1.25. The zero-order chi connectivity index (χ0) is 22.1. The molecule has 2 fully saturated rings. The van der Waals surface area contributed by atoms with Crippen molar-refractivity contribution in [3.63, 3.8) is 0 Å². The lowest BCUT2D eigenvalue weighted by Gasteiger charge is -2.34. The summed E-state index contributed by atoms with van der Waals surface area (Å²) in [7, 11) is 0. The van der Waals surface area contributed by atoms with Gasteiger partial charge in [-0.2, -0.15) is 0 Å². The van der Waals surface area contributed by atoms with Gasteiger partial charge in [0.2, 0.25) is 5.91 Å². The number of halogens is 2. The maximum Gasteiger partial charge on any atom is 0.237 e. The van der Waals surface area contributed by atoms with E-state index in [9.17, 15) is 9.18 Å². The number of amides is 1. The fourth-order valence-electron chi connectivity index (χ4n) is 4.72. The second-order valence-corrected chi connectivity index (χ2v) is 8.82. The van der Waals surface area contributed by atoms with Crippen LogP contribution in [0.4, 0.5) is 4.39 Å². The first-order valence-corrected chi connectivity index (χ1v) is 11.4. The summed E-state index contributed by atoms with van der Waals surface area (Å²) < 4.78 is 30.7. The number of morpholine rings is 1. The zero-order valence-electron chi connectivity index (χ0n) is 17.8. The minimum absolute atomic E-state index is 0.0473. The maximum absolute atomic E-state index is 13.5. The third-order valence-corrected chi connectivity index (χ3v) is 6.64. The number of carbonyl (C=O) groups excluding carboxylic acids is 1. The third kappa shape index (κ3) is 4.42. The predicted molar refractivity (Wildman–Crippen MR) is 118 cm³/mol. The summed E-state index contributed by atoms with van der Waals surface area (Å²) in [5, 5.41) is 0.0821. The van der Waals surface area contributed by atoms with Crippen LogP contribution in [0.25, 0.3) is 0 Å². The molecule has 0 N–H and O–H groups in total. The highest BCUT2D eigenvalue weighted by atomic mass is 35.5. The van der Waals surface area contributed by atoms with E-state index in [2.05, 4.69) is 4.90 Å². The van der Waals surface area contributed by atoms with Crippen molar-refractivity contribution in [2.45, 2.75) is 25.0 Å². The van der Waals surface area contributed by atoms with Crippen molar-refractivity contribution in [2.24, 2.45) is 0 Å². The fraction of sp³-hybridized carbons (Fsp3) is 0.458. The Hall–Kier alpha value is -2.35. The number of likely N-dealkylation sites (tertiary alicyclic amines) is 1. The van der Waals surface area contributed by atoms with Crippen molar-refractivity contribution >= 4 is 17.5 Å². The van der Waals surface area contributed by atoms with Crippen molar-refractivity contribution in [3.05, 3.63) is 58.4 Å². The van der Waals surface area contributed by atoms with Crippen LogP contribution in [0.15, 0.2) is 36.4 Å².